The quantitative estimate of drug-likeness (QED) is 0.556. The maximum atomic E-state index is 15.1. The fraction of sp³-hybridized carbons (Fsp3) is 0.500. The Morgan fingerprint density at radius 1 is 1.21 bits per heavy atom. The Bertz CT molecular complexity index is 1230. The van der Waals surface area contributed by atoms with E-state index >= 15 is 4.39 Å². The average Bonchev–Trinajstić information content (AvgIpc) is 3.71. The summed E-state index contributed by atoms with van der Waals surface area (Å²) < 4.78 is 26.2. The van der Waals surface area contributed by atoms with Gasteiger partial charge in [0, 0.05) is 19.2 Å². The zero-order valence-corrected chi connectivity index (χ0v) is 22.6. The molecule has 2 fully saturated rings. The minimum absolute atomic E-state index is 0.101. The van der Waals surface area contributed by atoms with Crippen molar-refractivity contribution in [2.75, 3.05) is 19.7 Å². The third kappa shape index (κ3) is 7.11. The molecule has 1 saturated carbocycles. The maximum Gasteiger partial charge on any atom is 0.410 e. The van der Waals surface area contributed by atoms with Crippen LogP contribution in [0.5, 0.6) is 0 Å². The number of ether oxygens (including phenoxy) is 2. The van der Waals surface area contributed by atoms with Crippen LogP contribution < -0.4 is 5.32 Å². The maximum absolute atomic E-state index is 15.1. The average molecular weight is 522 g/mol. The second-order valence-corrected chi connectivity index (χ2v) is 11.2. The zero-order valence-electron chi connectivity index (χ0n) is 22.6. The molecule has 1 aliphatic heterocycles. The van der Waals surface area contributed by atoms with Gasteiger partial charge in [-0.15, -0.1) is 0 Å². The largest absolute Gasteiger partial charge is 0.444 e. The van der Waals surface area contributed by atoms with Gasteiger partial charge in [-0.3, -0.25) is 4.79 Å². The number of amides is 2. The van der Waals surface area contributed by atoms with Crippen molar-refractivity contribution in [2.45, 2.75) is 77.0 Å². The highest BCUT2D eigenvalue weighted by Gasteiger charge is 2.31. The van der Waals surface area contributed by atoms with Crippen LogP contribution in [0.25, 0.3) is 11.1 Å². The molecule has 2 aromatic rings. The van der Waals surface area contributed by atoms with Gasteiger partial charge in [-0.25, -0.2) is 9.18 Å². The van der Waals surface area contributed by atoms with E-state index in [9.17, 15) is 14.9 Å². The van der Waals surface area contributed by atoms with Gasteiger partial charge in [0.05, 0.1) is 18.2 Å². The number of hydrogen-bond donors (Lipinski definition) is 1. The van der Waals surface area contributed by atoms with Crippen LogP contribution in [0.1, 0.15) is 69.6 Å². The number of nitriles is 1. The zero-order chi connectivity index (χ0) is 27.4. The molecule has 1 saturated heterocycles. The normalized spacial score (nSPS) is 18.7. The molecule has 1 aliphatic carbocycles. The Balaban J connectivity index is 1.37. The van der Waals surface area contributed by atoms with Crippen molar-refractivity contribution in [3.8, 4) is 17.2 Å². The van der Waals surface area contributed by atoms with Crippen molar-refractivity contribution in [3.63, 3.8) is 0 Å². The van der Waals surface area contributed by atoms with Gasteiger partial charge in [0.2, 0.25) is 0 Å². The van der Waals surface area contributed by atoms with E-state index in [0.29, 0.717) is 43.0 Å². The number of hydrogen-bond acceptors (Lipinski definition) is 5. The van der Waals surface area contributed by atoms with Crippen LogP contribution in [0.3, 0.4) is 0 Å². The van der Waals surface area contributed by atoms with Crippen molar-refractivity contribution in [1.82, 2.24) is 10.2 Å². The minimum atomic E-state index is -0.822. The number of nitrogens with one attached hydrogen (secondary N) is 1. The summed E-state index contributed by atoms with van der Waals surface area (Å²) in [7, 11) is 0. The second kappa shape index (κ2) is 11.5. The molecule has 0 aromatic heterocycles. The Morgan fingerprint density at radius 2 is 1.92 bits per heavy atom. The molecule has 2 aromatic carbocycles. The molecule has 8 heteroatoms. The number of carbonyl (C=O) groups excluding carboxylic acids is 2. The van der Waals surface area contributed by atoms with Gasteiger partial charge in [-0.05, 0) is 99.7 Å². The van der Waals surface area contributed by atoms with E-state index in [1.54, 1.807) is 26.8 Å². The molecule has 0 radical (unpaired) electrons. The third-order valence-corrected chi connectivity index (χ3v) is 6.71. The first kappa shape index (κ1) is 27.6. The lowest BCUT2D eigenvalue weighted by Gasteiger charge is -2.28. The van der Waals surface area contributed by atoms with Crippen molar-refractivity contribution in [2.24, 2.45) is 0 Å². The van der Waals surface area contributed by atoms with Gasteiger partial charge < -0.3 is 19.7 Å². The van der Waals surface area contributed by atoms with Crippen LogP contribution >= 0.6 is 0 Å². The summed E-state index contributed by atoms with van der Waals surface area (Å²) in [5.41, 5.74) is 3.23. The van der Waals surface area contributed by atoms with E-state index in [1.807, 2.05) is 31.2 Å². The highest BCUT2D eigenvalue weighted by Crippen LogP contribution is 2.43. The predicted molar refractivity (Wildman–Crippen MR) is 142 cm³/mol. The van der Waals surface area contributed by atoms with Crippen molar-refractivity contribution in [1.29, 1.82) is 5.26 Å². The number of rotatable bonds is 6. The summed E-state index contributed by atoms with van der Waals surface area (Å²) in [5, 5.41) is 12.3. The van der Waals surface area contributed by atoms with Crippen LogP contribution in [0.15, 0.2) is 36.4 Å². The van der Waals surface area contributed by atoms with E-state index < -0.39 is 17.8 Å². The molecule has 1 N–H and O–H groups in total. The summed E-state index contributed by atoms with van der Waals surface area (Å²) in [6.07, 6.45) is 1.79. The van der Waals surface area contributed by atoms with Gasteiger partial charge >= 0.3 is 6.09 Å². The Hall–Kier alpha value is -3.44. The molecule has 7 nitrogen and oxygen atoms in total. The van der Waals surface area contributed by atoms with Crippen LogP contribution in [-0.4, -0.2) is 54.3 Å². The van der Waals surface area contributed by atoms with Crippen LogP contribution in [0, 0.1) is 17.1 Å². The monoisotopic (exact) mass is 521 g/mol. The van der Waals surface area contributed by atoms with Gasteiger partial charge in [0.1, 0.15) is 11.4 Å². The van der Waals surface area contributed by atoms with E-state index in [4.69, 9.17) is 9.47 Å². The molecule has 38 heavy (non-hydrogen) atoms. The molecule has 4 rings (SSSR count). The number of nitrogens with zero attached hydrogens (tertiary/aromatic N) is 2. The lowest BCUT2D eigenvalue weighted by molar-refractivity contribution is -0.133. The number of halogens is 1. The van der Waals surface area contributed by atoms with Crippen LogP contribution in [0.2, 0.25) is 0 Å². The van der Waals surface area contributed by atoms with E-state index in [-0.39, 0.29) is 24.3 Å². The Morgan fingerprint density at radius 3 is 2.58 bits per heavy atom. The van der Waals surface area contributed by atoms with Gasteiger partial charge in [-0.2, -0.15) is 5.26 Å². The Labute approximate surface area is 223 Å². The highest BCUT2D eigenvalue weighted by atomic mass is 19.1. The van der Waals surface area contributed by atoms with Crippen LogP contribution in [-0.2, 0) is 20.7 Å². The van der Waals surface area contributed by atoms with Crippen molar-refractivity contribution >= 4 is 12.0 Å². The molecule has 202 valence electrons. The third-order valence-electron chi connectivity index (χ3n) is 6.71. The smallest absolute Gasteiger partial charge is 0.410 e. The Kier molecular flexibility index (Phi) is 8.37. The topological polar surface area (TPSA) is 91.7 Å². The predicted octanol–water partition coefficient (Wildman–Crippen LogP) is 5.31. The SMILES string of the molecule is C[C@H](Cc1ccc(-c2ccc(C#N)c(C3CC3)c2)cc1F)NC(=O)[C@@H]1CN(C(=O)OC(C)(C)C)CCCO1. The summed E-state index contributed by atoms with van der Waals surface area (Å²) in [4.78, 5) is 27.0. The first-order valence-electron chi connectivity index (χ1n) is 13.3. The molecule has 0 spiro atoms. The summed E-state index contributed by atoms with van der Waals surface area (Å²) in [6.45, 7) is 8.12. The van der Waals surface area contributed by atoms with E-state index in [0.717, 1.165) is 29.5 Å². The lowest BCUT2D eigenvalue weighted by Crippen LogP contribution is -2.48. The molecular weight excluding hydrogens is 485 g/mol. The number of carbonyl (C=O) groups is 2. The molecule has 1 heterocycles. The van der Waals surface area contributed by atoms with Gasteiger partial charge in [-0.1, -0.05) is 18.2 Å². The fourth-order valence-electron chi connectivity index (χ4n) is 4.66. The number of benzene rings is 2. The summed E-state index contributed by atoms with van der Waals surface area (Å²) in [5.74, 6) is -0.259. The summed E-state index contributed by atoms with van der Waals surface area (Å²) >= 11 is 0. The van der Waals surface area contributed by atoms with Crippen LogP contribution in [0.4, 0.5) is 9.18 Å². The molecule has 0 bridgehead atoms. The van der Waals surface area contributed by atoms with Gasteiger partial charge in [0.15, 0.2) is 6.10 Å². The van der Waals surface area contributed by atoms with E-state index in [2.05, 4.69) is 11.4 Å². The highest BCUT2D eigenvalue weighted by molar-refractivity contribution is 5.82. The molecule has 2 amide bonds. The summed E-state index contributed by atoms with van der Waals surface area (Å²) in [6, 6.07) is 12.7. The molecule has 0 unspecified atom stereocenters. The standard InChI is InChI=1S/C30H36FN3O4/c1-19(33-28(35)27-18-34(12-5-13-37-27)29(36)38-30(2,3)4)14-23-10-8-22(16-26(23)31)21-9-11-24(17-32)25(15-21)20-6-7-20/h8-11,15-16,19-20,27H,5-7,12-14,18H2,1-4H3,(H,33,35)/t19-,27+/m1/s1. The van der Waals surface area contributed by atoms with Crippen molar-refractivity contribution < 1.29 is 23.5 Å². The van der Waals surface area contributed by atoms with Gasteiger partial charge in [0.25, 0.3) is 5.91 Å². The molecule has 2 atom stereocenters. The first-order valence-corrected chi connectivity index (χ1v) is 13.3. The molecule has 2 aliphatic rings. The second-order valence-electron chi connectivity index (χ2n) is 11.2. The fourth-order valence-corrected chi connectivity index (χ4v) is 4.66. The minimum Gasteiger partial charge on any atom is -0.444 e. The van der Waals surface area contributed by atoms with Crippen molar-refractivity contribution in [3.05, 3.63) is 58.9 Å². The first-order chi connectivity index (χ1) is 18.0. The lowest BCUT2D eigenvalue weighted by atomic mass is 9.95. The van der Waals surface area contributed by atoms with E-state index in [1.165, 1.54) is 11.0 Å². The molecular formula is C30H36FN3O4.